The molecule has 0 saturated heterocycles. The number of hydrogen-bond acceptors (Lipinski definition) is 4. The smallest absolute Gasteiger partial charge is 0.322 e. The van der Waals surface area contributed by atoms with E-state index >= 15 is 0 Å². The molecule has 4 rings (SSSR count). The van der Waals surface area contributed by atoms with Crippen LogP contribution < -0.4 is 10.6 Å². The number of benzene rings is 3. The SMILES string of the molecule is COCCCN(CC(=O)Nc1cc(-c2ccccc2)nn1-c1ccc(F)cc1)C(=O)Nc1cccc(C)c1C. The van der Waals surface area contributed by atoms with Gasteiger partial charge in [0.05, 0.1) is 11.4 Å². The molecule has 9 heteroatoms. The molecule has 0 radical (unpaired) electrons. The highest BCUT2D eigenvalue weighted by Crippen LogP contribution is 2.25. The minimum Gasteiger partial charge on any atom is -0.385 e. The molecule has 0 bridgehead atoms. The fourth-order valence-corrected chi connectivity index (χ4v) is 4.09. The maximum absolute atomic E-state index is 13.6. The van der Waals surface area contributed by atoms with Crippen LogP contribution in [0.15, 0.2) is 78.9 Å². The number of carbonyl (C=O) groups excluding carboxylic acids is 2. The van der Waals surface area contributed by atoms with Crippen molar-refractivity contribution in [3.63, 3.8) is 0 Å². The lowest BCUT2D eigenvalue weighted by molar-refractivity contribution is -0.116. The number of nitrogens with zero attached hydrogens (tertiary/aromatic N) is 3. The highest BCUT2D eigenvalue weighted by atomic mass is 19.1. The van der Waals surface area contributed by atoms with Crippen molar-refractivity contribution in [3.05, 3.63) is 95.8 Å². The van der Waals surface area contributed by atoms with E-state index in [9.17, 15) is 14.0 Å². The van der Waals surface area contributed by atoms with Crippen molar-refractivity contribution >= 4 is 23.4 Å². The molecule has 0 aliphatic heterocycles. The number of nitrogens with one attached hydrogen (secondary N) is 2. The number of rotatable bonds is 10. The average Bonchev–Trinajstić information content (AvgIpc) is 3.35. The Morgan fingerprint density at radius 3 is 2.44 bits per heavy atom. The molecule has 0 unspecified atom stereocenters. The van der Waals surface area contributed by atoms with Crippen LogP contribution in [0.4, 0.5) is 20.7 Å². The predicted molar refractivity (Wildman–Crippen MR) is 151 cm³/mol. The van der Waals surface area contributed by atoms with Gasteiger partial charge in [-0.05, 0) is 61.7 Å². The van der Waals surface area contributed by atoms with E-state index in [1.807, 2.05) is 62.4 Å². The maximum atomic E-state index is 13.6. The summed E-state index contributed by atoms with van der Waals surface area (Å²) in [5, 5.41) is 10.5. The molecule has 0 aliphatic carbocycles. The zero-order valence-electron chi connectivity index (χ0n) is 22.3. The van der Waals surface area contributed by atoms with Crippen LogP contribution in [-0.2, 0) is 9.53 Å². The van der Waals surface area contributed by atoms with Crippen LogP contribution in [0.5, 0.6) is 0 Å². The summed E-state index contributed by atoms with van der Waals surface area (Å²) in [6, 6.07) is 22.4. The molecule has 202 valence electrons. The van der Waals surface area contributed by atoms with E-state index in [2.05, 4.69) is 15.7 Å². The third kappa shape index (κ3) is 7.08. The zero-order chi connectivity index (χ0) is 27.8. The molecule has 8 nitrogen and oxygen atoms in total. The highest BCUT2D eigenvalue weighted by molar-refractivity contribution is 5.97. The van der Waals surface area contributed by atoms with Crippen LogP contribution in [0, 0.1) is 19.7 Å². The van der Waals surface area contributed by atoms with Crippen molar-refractivity contribution in [2.45, 2.75) is 20.3 Å². The van der Waals surface area contributed by atoms with Crippen molar-refractivity contribution in [1.29, 1.82) is 0 Å². The summed E-state index contributed by atoms with van der Waals surface area (Å²) in [6.45, 7) is 4.50. The number of aromatic nitrogens is 2. The van der Waals surface area contributed by atoms with Crippen molar-refractivity contribution in [3.8, 4) is 16.9 Å². The van der Waals surface area contributed by atoms with Gasteiger partial charge in [-0.3, -0.25) is 4.79 Å². The Bertz CT molecular complexity index is 1420. The molecule has 3 amide bonds. The van der Waals surface area contributed by atoms with E-state index in [4.69, 9.17) is 4.74 Å². The Balaban J connectivity index is 1.56. The molecule has 39 heavy (non-hydrogen) atoms. The Morgan fingerprint density at radius 2 is 1.72 bits per heavy atom. The Hall–Kier alpha value is -4.50. The second-order valence-electron chi connectivity index (χ2n) is 9.16. The fraction of sp³-hybridized carbons (Fsp3) is 0.233. The van der Waals surface area contributed by atoms with Gasteiger partial charge in [0.1, 0.15) is 18.2 Å². The van der Waals surface area contributed by atoms with E-state index in [1.54, 1.807) is 30.0 Å². The van der Waals surface area contributed by atoms with Crippen LogP contribution in [0.1, 0.15) is 17.5 Å². The molecule has 2 N–H and O–H groups in total. The van der Waals surface area contributed by atoms with Gasteiger partial charge in [-0.25, -0.2) is 13.9 Å². The Kier molecular flexibility index (Phi) is 9.06. The minimum atomic E-state index is -0.397. The minimum absolute atomic E-state index is 0.185. The van der Waals surface area contributed by atoms with E-state index in [1.165, 1.54) is 17.0 Å². The number of aryl methyl sites for hydroxylation is 1. The third-order valence-electron chi connectivity index (χ3n) is 6.36. The number of hydrogen-bond donors (Lipinski definition) is 2. The van der Waals surface area contributed by atoms with E-state index in [-0.39, 0.29) is 18.4 Å². The largest absolute Gasteiger partial charge is 0.385 e. The van der Waals surface area contributed by atoms with Gasteiger partial charge in [-0.15, -0.1) is 0 Å². The van der Waals surface area contributed by atoms with Crippen molar-refractivity contribution < 1.29 is 18.7 Å². The molecular weight excluding hydrogens is 497 g/mol. The summed E-state index contributed by atoms with van der Waals surface area (Å²) < 4.78 is 20.3. The van der Waals surface area contributed by atoms with Gasteiger partial charge in [0, 0.05) is 37.6 Å². The van der Waals surface area contributed by atoms with Crippen LogP contribution in [0.2, 0.25) is 0 Å². The topological polar surface area (TPSA) is 88.5 Å². The van der Waals surface area contributed by atoms with E-state index in [0.717, 1.165) is 16.7 Å². The van der Waals surface area contributed by atoms with Crippen molar-refractivity contribution in [2.24, 2.45) is 0 Å². The first-order valence-corrected chi connectivity index (χ1v) is 12.7. The normalized spacial score (nSPS) is 10.8. The quantitative estimate of drug-likeness (QED) is 0.254. The predicted octanol–water partition coefficient (Wildman–Crippen LogP) is 5.80. The monoisotopic (exact) mass is 529 g/mol. The number of anilines is 2. The van der Waals surface area contributed by atoms with Gasteiger partial charge in [0.15, 0.2) is 0 Å². The Morgan fingerprint density at radius 1 is 0.974 bits per heavy atom. The molecule has 4 aromatic rings. The summed E-state index contributed by atoms with van der Waals surface area (Å²) in [7, 11) is 1.59. The third-order valence-corrected chi connectivity index (χ3v) is 6.36. The number of halogens is 1. The van der Waals surface area contributed by atoms with Gasteiger partial charge in [0.2, 0.25) is 5.91 Å². The van der Waals surface area contributed by atoms with Gasteiger partial charge >= 0.3 is 6.03 Å². The summed E-state index contributed by atoms with van der Waals surface area (Å²) in [6.07, 6.45) is 0.565. The first-order chi connectivity index (χ1) is 18.9. The maximum Gasteiger partial charge on any atom is 0.322 e. The number of ether oxygens (including phenoxy) is 1. The lowest BCUT2D eigenvalue weighted by Crippen LogP contribution is -2.41. The second-order valence-corrected chi connectivity index (χ2v) is 9.16. The van der Waals surface area contributed by atoms with Gasteiger partial charge < -0.3 is 20.3 Å². The van der Waals surface area contributed by atoms with Crippen LogP contribution in [-0.4, -0.2) is 53.4 Å². The van der Waals surface area contributed by atoms with Gasteiger partial charge in [-0.2, -0.15) is 5.10 Å². The molecular formula is C30H32FN5O3. The van der Waals surface area contributed by atoms with Gasteiger partial charge in [0.25, 0.3) is 0 Å². The lowest BCUT2D eigenvalue weighted by atomic mass is 10.1. The average molecular weight is 530 g/mol. The summed E-state index contributed by atoms with van der Waals surface area (Å²) in [5.74, 6) is -0.370. The van der Waals surface area contributed by atoms with Crippen molar-refractivity contribution in [2.75, 3.05) is 37.4 Å². The first-order valence-electron chi connectivity index (χ1n) is 12.7. The zero-order valence-corrected chi connectivity index (χ0v) is 22.3. The van der Waals surface area contributed by atoms with E-state index < -0.39 is 5.91 Å². The first kappa shape index (κ1) is 27.5. The van der Waals surface area contributed by atoms with Crippen LogP contribution in [0.3, 0.4) is 0 Å². The molecule has 1 aromatic heterocycles. The number of urea groups is 1. The van der Waals surface area contributed by atoms with E-state index in [0.29, 0.717) is 42.5 Å². The molecule has 0 saturated carbocycles. The number of amides is 3. The lowest BCUT2D eigenvalue weighted by Gasteiger charge is -2.23. The standard InChI is InChI=1S/C30H32FN5O3/c1-21-9-7-12-26(22(21)2)32-30(38)35(17-8-18-39-3)20-29(37)33-28-19-27(23-10-5-4-6-11-23)34-36(28)25-15-13-24(31)14-16-25/h4-7,9-16,19H,8,17-18,20H2,1-3H3,(H,32,38)(H,33,37). The second kappa shape index (κ2) is 12.8. The summed E-state index contributed by atoms with van der Waals surface area (Å²) >= 11 is 0. The molecule has 3 aromatic carbocycles. The molecule has 0 spiro atoms. The van der Waals surface area contributed by atoms with Crippen LogP contribution >= 0.6 is 0 Å². The van der Waals surface area contributed by atoms with Crippen molar-refractivity contribution in [1.82, 2.24) is 14.7 Å². The fourth-order valence-electron chi connectivity index (χ4n) is 4.09. The Labute approximate surface area is 227 Å². The summed E-state index contributed by atoms with van der Waals surface area (Å²) in [4.78, 5) is 27.9. The molecule has 0 aliphatic rings. The van der Waals surface area contributed by atoms with Gasteiger partial charge in [-0.1, -0.05) is 42.5 Å². The number of methoxy groups -OCH3 is 1. The molecule has 0 atom stereocenters. The molecule has 1 heterocycles. The highest BCUT2D eigenvalue weighted by Gasteiger charge is 2.20. The van der Waals surface area contributed by atoms with Crippen LogP contribution in [0.25, 0.3) is 16.9 Å². The summed E-state index contributed by atoms with van der Waals surface area (Å²) in [5.41, 5.74) is 4.80. The number of carbonyl (C=O) groups is 2. The molecule has 0 fully saturated rings.